The van der Waals surface area contributed by atoms with Gasteiger partial charge in [0.25, 0.3) is 5.91 Å². The lowest BCUT2D eigenvalue weighted by Gasteiger charge is -2.26. The van der Waals surface area contributed by atoms with Crippen LogP contribution in [0.15, 0.2) is 6.20 Å². The maximum absolute atomic E-state index is 12.0. The summed E-state index contributed by atoms with van der Waals surface area (Å²) in [6, 6.07) is 0.573. The highest BCUT2D eigenvalue weighted by molar-refractivity contribution is 5.92. The molecule has 0 spiro atoms. The lowest BCUT2D eigenvalue weighted by Crippen LogP contribution is -2.43. The molecular formula is C12H19N5O. The number of carbonyl (C=O) groups excluding carboxylic acids is 1. The minimum absolute atomic E-state index is 0.110. The molecule has 1 unspecified atom stereocenters. The summed E-state index contributed by atoms with van der Waals surface area (Å²) >= 11 is 0. The molecule has 0 bridgehead atoms. The molecule has 1 aromatic rings. The van der Waals surface area contributed by atoms with Gasteiger partial charge in [0, 0.05) is 19.1 Å². The minimum Gasteiger partial charge on any atom is -0.348 e. The summed E-state index contributed by atoms with van der Waals surface area (Å²) in [5, 5.41) is 14.1. The van der Waals surface area contributed by atoms with Crippen molar-refractivity contribution in [1.82, 2.24) is 25.6 Å². The van der Waals surface area contributed by atoms with Crippen molar-refractivity contribution in [2.45, 2.75) is 38.3 Å². The van der Waals surface area contributed by atoms with Crippen molar-refractivity contribution in [2.75, 3.05) is 13.1 Å². The molecule has 3 rings (SSSR count). The highest BCUT2D eigenvalue weighted by Gasteiger charge is 2.25. The maximum Gasteiger partial charge on any atom is 0.273 e. The molecule has 1 atom stereocenters. The van der Waals surface area contributed by atoms with Crippen LogP contribution in [-0.2, 0) is 0 Å². The van der Waals surface area contributed by atoms with Crippen LogP contribution in [0, 0.1) is 5.92 Å². The van der Waals surface area contributed by atoms with E-state index in [0.29, 0.717) is 11.7 Å². The van der Waals surface area contributed by atoms with Crippen LogP contribution >= 0.6 is 0 Å². The fourth-order valence-electron chi connectivity index (χ4n) is 2.23. The van der Waals surface area contributed by atoms with Crippen LogP contribution in [0.2, 0.25) is 0 Å². The highest BCUT2D eigenvalue weighted by atomic mass is 16.2. The zero-order chi connectivity index (χ0) is 12.5. The van der Waals surface area contributed by atoms with E-state index in [0.717, 1.165) is 25.4 Å². The Morgan fingerprint density at radius 3 is 3.00 bits per heavy atom. The summed E-state index contributed by atoms with van der Waals surface area (Å²) < 4.78 is 1.77. The van der Waals surface area contributed by atoms with Gasteiger partial charge in [-0.05, 0) is 19.3 Å². The normalized spacial score (nSPS) is 21.4. The molecule has 2 N–H and O–H groups in total. The topological polar surface area (TPSA) is 71.8 Å². The first-order valence-corrected chi connectivity index (χ1v) is 6.66. The highest BCUT2D eigenvalue weighted by Crippen LogP contribution is 2.33. The number of hydrogen-bond donors (Lipinski definition) is 2. The average molecular weight is 249 g/mol. The van der Waals surface area contributed by atoms with E-state index >= 15 is 0 Å². The van der Waals surface area contributed by atoms with Crippen molar-refractivity contribution in [3.05, 3.63) is 11.9 Å². The first kappa shape index (κ1) is 11.6. The summed E-state index contributed by atoms with van der Waals surface area (Å²) in [5.74, 6) is 0.707. The van der Waals surface area contributed by atoms with Crippen molar-refractivity contribution in [2.24, 2.45) is 5.92 Å². The second-order valence-corrected chi connectivity index (χ2v) is 5.45. The SMILES string of the molecule is CC(CC1CC1)NC(=O)c1cn(C2CNC2)nn1. The van der Waals surface area contributed by atoms with E-state index in [-0.39, 0.29) is 11.9 Å². The average Bonchev–Trinajstić information content (AvgIpc) is 2.92. The molecule has 1 saturated heterocycles. The largest absolute Gasteiger partial charge is 0.348 e. The Morgan fingerprint density at radius 2 is 2.39 bits per heavy atom. The number of rotatable bonds is 5. The molecule has 2 fully saturated rings. The van der Waals surface area contributed by atoms with E-state index < -0.39 is 0 Å². The summed E-state index contributed by atoms with van der Waals surface area (Å²) in [7, 11) is 0. The van der Waals surface area contributed by atoms with E-state index in [1.807, 2.05) is 0 Å². The zero-order valence-electron chi connectivity index (χ0n) is 10.6. The molecule has 2 aliphatic rings. The molecular weight excluding hydrogens is 230 g/mol. The van der Waals surface area contributed by atoms with Crippen LogP contribution in [-0.4, -0.2) is 40.0 Å². The van der Waals surface area contributed by atoms with Crippen molar-refractivity contribution in [3.63, 3.8) is 0 Å². The Kier molecular flexibility index (Phi) is 3.03. The van der Waals surface area contributed by atoms with Crippen LogP contribution in [0.3, 0.4) is 0 Å². The Morgan fingerprint density at radius 1 is 1.61 bits per heavy atom. The molecule has 0 aromatic carbocycles. The Hall–Kier alpha value is -1.43. The number of aromatic nitrogens is 3. The van der Waals surface area contributed by atoms with E-state index in [2.05, 4.69) is 27.9 Å². The number of hydrogen-bond acceptors (Lipinski definition) is 4. The fourth-order valence-corrected chi connectivity index (χ4v) is 2.23. The summed E-state index contributed by atoms with van der Waals surface area (Å²) in [4.78, 5) is 12.0. The molecule has 1 aliphatic heterocycles. The maximum atomic E-state index is 12.0. The van der Waals surface area contributed by atoms with Crippen LogP contribution in [0.1, 0.15) is 42.7 Å². The van der Waals surface area contributed by atoms with Gasteiger partial charge >= 0.3 is 0 Å². The number of nitrogens with zero attached hydrogens (tertiary/aromatic N) is 3. The third kappa shape index (κ3) is 2.53. The third-order valence-corrected chi connectivity index (χ3v) is 3.64. The lowest BCUT2D eigenvalue weighted by molar-refractivity contribution is 0.0932. The monoisotopic (exact) mass is 249 g/mol. The predicted molar refractivity (Wildman–Crippen MR) is 66.2 cm³/mol. The first-order valence-electron chi connectivity index (χ1n) is 6.66. The standard InChI is InChI=1S/C12H19N5O/c1-8(4-9-2-3-9)14-12(18)11-7-17(16-15-11)10-5-13-6-10/h7-10,13H,2-6H2,1H3,(H,14,18). The van der Waals surface area contributed by atoms with Gasteiger partial charge in [0.2, 0.25) is 0 Å². The zero-order valence-corrected chi connectivity index (χ0v) is 10.6. The molecule has 2 heterocycles. The van der Waals surface area contributed by atoms with Gasteiger partial charge in [-0.15, -0.1) is 5.10 Å². The van der Waals surface area contributed by atoms with Gasteiger partial charge in [0.05, 0.1) is 12.2 Å². The Bertz CT molecular complexity index is 435. The molecule has 0 radical (unpaired) electrons. The molecule has 6 nitrogen and oxygen atoms in total. The van der Waals surface area contributed by atoms with Gasteiger partial charge in [0.1, 0.15) is 0 Å². The molecule has 18 heavy (non-hydrogen) atoms. The molecule has 1 saturated carbocycles. The van der Waals surface area contributed by atoms with Crippen molar-refractivity contribution in [1.29, 1.82) is 0 Å². The van der Waals surface area contributed by atoms with Gasteiger partial charge in [-0.2, -0.15) is 0 Å². The number of carbonyl (C=O) groups is 1. The van der Waals surface area contributed by atoms with Gasteiger partial charge < -0.3 is 10.6 Å². The minimum atomic E-state index is -0.110. The number of nitrogens with one attached hydrogen (secondary N) is 2. The first-order chi connectivity index (χ1) is 8.72. The van der Waals surface area contributed by atoms with Gasteiger partial charge in [-0.1, -0.05) is 18.1 Å². The second-order valence-electron chi connectivity index (χ2n) is 5.45. The van der Waals surface area contributed by atoms with Gasteiger partial charge in [-0.25, -0.2) is 4.68 Å². The van der Waals surface area contributed by atoms with E-state index in [9.17, 15) is 4.79 Å². The van der Waals surface area contributed by atoms with Crippen molar-refractivity contribution in [3.8, 4) is 0 Å². The molecule has 6 heteroatoms. The van der Waals surface area contributed by atoms with Crippen molar-refractivity contribution < 1.29 is 4.79 Å². The lowest BCUT2D eigenvalue weighted by atomic mass is 10.1. The molecule has 1 aromatic heterocycles. The second kappa shape index (κ2) is 4.68. The van der Waals surface area contributed by atoms with Crippen LogP contribution in [0.25, 0.3) is 0 Å². The quantitative estimate of drug-likeness (QED) is 0.789. The van der Waals surface area contributed by atoms with E-state index in [1.54, 1.807) is 10.9 Å². The smallest absolute Gasteiger partial charge is 0.273 e. The fraction of sp³-hybridized carbons (Fsp3) is 0.750. The predicted octanol–water partition coefficient (Wildman–Crippen LogP) is 0.341. The summed E-state index contributed by atoms with van der Waals surface area (Å²) in [5.41, 5.74) is 0.421. The molecule has 1 amide bonds. The van der Waals surface area contributed by atoms with Crippen LogP contribution in [0.5, 0.6) is 0 Å². The van der Waals surface area contributed by atoms with E-state index in [1.165, 1.54) is 12.8 Å². The van der Waals surface area contributed by atoms with Crippen molar-refractivity contribution >= 4 is 5.91 Å². The number of amides is 1. The summed E-state index contributed by atoms with van der Waals surface area (Å²) in [6.07, 6.45) is 5.44. The van der Waals surface area contributed by atoms with Gasteiger partial charge in [-0.3, -0.25) is 4.79 Å². The Labute approximate surface area is 106 Å². The summed E-state index contributed by atoms with van der Waals surface area (Å²) in [6.45, 7) is 3.86. The molecule has 1 aliphatic carbocycles. The van der Waals surface area contributed by atoms with E-state index in [4.69, 9.17) is 0 Å². The Balaban J connectivity index is 1.55. The molecule has 98 valence electrons. The van der Waals surface area contributed by atoms with Crippen LogP contribution in [0.4, 0.5) is 0 Å². The van der Waals surface area contributed by atoms with Crippen LogP contribution < -0.4 is 10.6 Å². The third-order valence-electron chi connectivity index (χ3n) is 3.64. The van der Waals surface area contributed by atoms with Gasteiger partial charge in [0.15, 0.2) is 5.69 Å².